The van der Waals surface area contributed by atoms with Gasteiger partial charge in [-0.1, -0.05) is 0 Å². The Morgan fingerprint density at radius 2 is 1.92 bits per heavy atom. The van der Waals surface area contributed by atoms with E-state index in [1.165, 1.54) is 12.8 Å². The van der Waals surface area contributed by atoms with Crippen molar-refractivity contribution in [1.82, 2.24) is 9.97 Å². The number of nitrogens with zero attached hydrogens (tertiary/aromatic N) is 4. The van der Waals surface area contributed by atoms with Gasteiger partial charge in [0, 0.05) is 24.5 Å². The van der Waals surface area contributed by atoms with E-state index in [-0.39, 0.29) is 24.0 Å². The van der Waals surface area contributed by atoms with E-state index in [1.54, 1.807) is 7.11 Å². The molecule has 2 aromatic rings. The molecule has 0 radical (unpaired) electrons. The van der Waals surface area contributed by atoms with E-state index in [0.29, 0.717) is 12.5 Å². The third kappa shape index (κ3) is 5.45. The lowest BCUT2D eigenvalue weighted by atomic mass is 10.3. The first kappa shape index (κ1) is 20.2. The van der Waals surface area contributed by atoms with Gasteiger partial charge < -0.3 is 20.7 Å². The van der Waals surface area contributed by atoms with Crippen LogP contribution < -0.4 is 20.7 Å². The van der Waals surface area contributed by atoms with Gasteiger partial charge in [-0.05, 0) is 50.1 Å². The second-order valence-corrected chi connectivity index (χ2v) is 6.05. The quantitative estimate of drug-likeness (QED) is 0.399. The number of hydrogen-bond acceptors (Lipinski definition) is 5. The maximum Gasteiger partial charge on any atom is 0.225 e. The van der Waals surface area contributed by atoms with E-state index >= 15 is 0 Å². The highest BCUT2D eigenvalue weighted by Crippen LogP contribution is 2.17. The predicted molar refractivity (Wildman–Crippen MR) is 116 cm³/mol. The lowest BCUT2D eigenvalue weighted by Crippen LogP contribution is -2.23. The number of anilines is 2. The van der Waals surface area contributed by atoms with E-state index in [4.69, 9.17) is 10.5 Å². The maximum absolute atomic E-state index is 5.98. The molecule has 140 valence electrons. The molecule has 1 aliphatic rings. The molecule has 0 bridgehead atoms. The van der Waals surface area contributed by atoms with Crippen molar-refractivity contribution in [3.8, 4) is 5.75 Å². The van der Waals surface area contributed by atoms with E-state index in [2.05, 4.69) is 25.2 Å². The first-order valence-corrected chi connectivity index (χ1v) is 8.44. The van der Waals surface area contributed by atoms with Crippen LogP contribution in [0.5, 0.6) is 5.75 Å². The number of benzene rings is 1. The highest BCUT2D eigenvalue weighted by Gasteiger charge is 2.15. The number of aromatic nitrogens is 2. The summed E-state index contributed by atoms with van der Waals surface area (Å²) in [5.74, 6) is 1.94. The number of nitrogens with two attached hydrogens (primary N) is 1. The number of aliphatic imine (C=N–C) groups is 1. The first-order chi connectivity index (χ1) is 12.1. The van der Waals surface area contributed by atoms with Crippen molar-refractivity contribution in [2.75, 3.05) is 30.4 Å². The van der Waals surface area contributed by atoms with Crippen molar-refractivity contribution >= 4 is 41.6 Å². The third-order valence-electron chi connectivity index (χ3n) is 4.06. The standard InChI is InChI=1S/C18H24N6O.HI/c1-13-11-15(23-18(21-13)24-9-3-4-10-24)12-20-17(19)22-14-5-7-16(25-2)8-6-14;/h5-8,11H,3-4,9-10,12H2,1-2H3,(H3,19,20,22);1H. The average Bonchev–Trinajstić information content (AvgIpc) is 3.15. The number of halogens is 1. The third-order valence-corrected chi connectivity index (χ3v) is 4.06. The Morgan fingerprint density at radius 3 is 2.58 bits per heavy atom. The summed E-state index contributed by atoms with van der Waals surface area (Å²) < 4.78 is 5.14. The summed E-state index contributed by atoms with van der Waals surface area (Å²) >= 11 is 0. The summed E-state index contributed by atoms with van der Waals surface area (Å²) in [6.45, 7) is 4.44. The lowest BCUT2D eigenvalue weighted by Gasteiger charge is -2.16. The Labute approximate surface area is 171 Å². The molecular weight excluding hydrogens is 443 g/mol. The monoisotopic (exact) mass is 468 g/mol. The van der Waals surface area contributed by atoms with Crippen LogP contribution in [0.15, 0.2) is 35.3 Å². The molecule has 1 saturated heterocycles. The summed E-state index contributed by atoms with van der Waals surface area (Å²) in [5, 5.41) is 3.07. The number of aryl methyl sites for hydroxylation is 1. The number of guanidine groups is 1. The van der Waals surface area contributed by atoms with Gasteiger partial charge in [0.15, 0.2) is 5.96 Å². The van der Waals surface area contributed by atoms with Crippen LogP contribution in [0, 0.1) is 6.92 Å². The van der Waals surface area contributed by atoms with Gasteiger partial charge in [-0.25, -0.2) is 15.0 Å². The largest absolute Gasteiger partial charge is 0.497 e. The molecule has 0 atom stereocenters. The number of rotatable bonds is 5. The van der Waals surface area contributed by atoms with Gasteiger partial charge in [0.1, 0.15) is 5.75 Å². The zero-order chi connectivity index (χ0) is 17.6. The van der Waals surface area contributed by atoms with Crippen molar-refractivity contribution in [3.63, 3.8) is 0 Å². The minimum absolute atomic E-state index is 0. The first-order valence-electron chi connectivity index (χ1n) is 8.44. The summed E-state index contributed by atoms with van der Waals surface area (Å²) in [4.78, 5) is 15.8. The van der Waals surface area contributed by atoms with Crippen LogP contribution in [-0.4, -0.2) is 36.1 Å². The zero-order valence-electron chi connectivity index (χ0n) is 15.1. The molecular formula is C18H25IN6O. The smallest absolute Gasteiger partial charge is 0.225 e. The summed E-state index contributed by atoms with van der Waals surface area (Å²) in [6, 6.07) is 9.46. The molecule has 0 saturated carbocycles. The highest BCUT2D eigenvalue weighted by atomic mass is 127. The molecule has 1 fully saturated rings. The molecule has 0 unspecified atom stereocenters. The molecule has 2 heterocycles. The van der Waals surface area contributed by atoms with Gasteiger partial charge in [-0.3, -0.25) is 0 Å². The number of nitrogens with one attached hydrogen (secondary N) is 1. The predicted octanol–water partition coefficient (Wildman–Crippen LogP) is 2.94. The second kappa shape index (κ2) is 9.56. The average molecular weight is 468 g/mol. The van der Waals surface area contributed by atoms with Crippen molar-refractivity contribution < 1.29 is 4.74 Å². The topological polar surface area (TPSA) is 88.7 Å². The fraction of sp³-hybridized carbons (Fsp3) is 0.389. The Hall–Kier alpha value is -2.10. The van der Waals surface area contributed by atoms with Crippen molar-refractivity contribution in [2.24, 2.45) is 10.7 Å². The van der Waals surface area contributed by atoms with Crippen molar-refractivity contribution in [1.29, 1.82) is 0 Å². The SMILES string of the molecule is COc1ccc(NC(N)=NCc2cc(C)nc(N3CCCC3)n2)cc1.I. The molecule has 26 heavy (non-hydrogen) atoms. The Balaban J connectivity index is 0.00000243. The van der Waals surface area contributed by atoms with Crippen LogP contribution in [0.2, 0.25) is 0 Å². The highest BCUT2D eigenvalue weighted by molar-refractivity contribution is 14.0. The molecule has 1 aromatic carbocycles. The van der Waals surface area contributed by atoms with Gasteiger partial charge in [0.05, 0.1) is 19.3 Å². The van der Waals surface area contributed by atoms with Gasteiger partial charge in [0.2, 0.25) is 5.95 Å². The maximum atomic E-state index is 5.98. The van der Waals surface area contributed by atoms with Crippen LogP contribution in [0.25, 0.3) is 0 Å². The number of ether oxygens (including phenoxy) is 1. The fourth-order valence-electron chi connectivity index (χ4n) is 2.78. The van der Waals surface area contributed by atoms with E-state index in [1.807, 2.05) is 37.3 Å². The van der Waals surface area contributed by atoms with Gasteiger partial charge in [0.25, 0.3) is 0 Å². The second-order valence-electron chi connectivity index (χ2n) is 6.05. The fourth-order valence-corrected chi connectivity index (χ4v) is 2.78. The van der Waals surface area contributed by atoms with E-state index < -0.39 is 0 Å². The molecule has 3 N–H and O–H groups in total. The normalized spacial score (nSPS) is 14.1. The van der Waals surface area contributed by atoms with Crippen LogP contribution in [0.4, 0.5) is 11.6 Å². The van der Waals surface area contributed by atoms with Crippen LogP contribution in [0.3, 0.4) is 0 Å². The zero-order valence-corrected chi connectivity index (χ0v) is 17.4. The number of methoxy groups -OCH3 is 1. The lowest BCUT2D eigenvalue weighted by molar-refractivity contribution is 0.415. The van der Waals surface area contributed by atoms with E-state index in [9.17, 15) is 0 Å². The molecule has 0 aliphatic carbocycles. The van der Waals surface area contributed by atoms with Crippen LogP contribution >= 0.6 is 24.0 Å². The molecule has 0 amide bonds. The Kier molecular flexibility index (Phi) is 7.43. The minimum Gasteiger partial charge on any atom is -0.497 e. The van der Waals surface area contributed by atoms with Gasteiger partial charge in [-0.15, -0.1) is 24.0 Å². The molecule has 7 nitrogen and oxygen atoms in total. The molecule has 8 heteroatoms. The van der Waals surface area contributed by atoms with Gasteiger partial charge in [-0.2, -0.15) is 0 Å². The summed E-state index contributed by atoms with van der Waals surface area (Å²) in [7, 11) is 1.64. The molecule has 1 aromatic heterocycles. The minimum atomic E-state index is 0. The Morgan fingerprint density at radius 1 is 1.23 bits per heavy atom. The summed E-state index contributed by atoms with van der Waals surface area (Å²) in [5.41, 5.74) is 8.65. The molecule has 0 spiro atoms. The summed E-state index contributed by atoms with van der Waals surface area (Å²) in [6.07, 6.45) is 2.40. The van der Waals surface area contributed by atoms with Crippen LogP contribution in [0.1, 0.15) is 24.2 Å². The van der Waals surface area contributed by atoms with Crippen LogP contribution in [-0.2, 0) is 6.54 Å². The van der Waals surface area contributed by atoms with Gasteiger partial charge >= 0.3 is 0 Å². The number of hydrogen-bond donors (Lipinski definition) is 2. The van der Waals surface area contributed by atoms with E-state index in [0.717, 1.165) is 41.9 Å². The molecule has 3 rings (SSSR count). The molecule has 1 aliphatic heterocycles. The Bertz CT molecular complexity index is 744. The van der Waals surface area contributed by atoms with Crippen molar-refractivity contribution in [2.45, 2.75) is 26.3 Å². The van der Waals surface area contributed by atoms with Crippen molar-refractivity contribution in [3.05, 3.63) is 41.7 Å².